The lowest BCUT2D eigenvalue weighted by Gasteiger charge is -2.20. The van der Waals surface area contributed by atoms with Gasteiger partial charge in [-0.25, -0.2) is 0 Å². The number of rotatable bonds is 8. The number of benzene rings is 2. The average Bonchev–Trinajstić information content (AvgIpc) is 2.91. The zero-order chi connectivity index (χ0) is 17.5. The topological polar surface area (TPSA) is 47.9 Å². The molecule has 0 aromatic heterocycles. The molecule has 0 radical (unpaired) electrons. The fourth-order valence-corrected chi connectivity index (χ4v) is 3.20. The summed E-state index contributed by atoms with van der Waals surface area (Å²) in [5.74, 6) is -0.206. The molecule has 0 amide bonds. The summed E-state index contributed by atoms with van der Waals surface area (Å²) in [4.78, 5) is 0. The maximum atomic E-state index is 10.2. The third-order valence-electron chi connectivity index (χ3n) is 4.31. The van der Waals surface area contributed by atoms with Crippen LogP contribution in [0.5, 0.6) is 0 Å². The lowest BCUT2D eigenvalue weighted by atomic mass is 10.0. The van der Waals surface area contributed by atoms with Gasteiger partial charge in [0, 0.05) is 5.92 Å². The fourth-order valence-electron chi connectivity index (χ4n) is 2.89. The van der Waals surface area contributed by atoms with Crippen LogP contribution in [0.15, 0.2) is 60.7 Å². The molecule has 3 rings (SSSR count). The van der Waals surface area contributed by atoms with E-state index in [-0.39, 0.29) is 12.0 Å². The van der Waals surface area contributed by atoms with Gasteiger partial charge in [0.2, 0.25) is 0 Å². The Labute approximate surface area is 153 Å². The molecule has 0 spiro atoms. The standard InChI is InChI=1S/C20H23ClO4/c21-20-19(22)17(13-23-11-15-7-3-1-4-8-15)18(25-20)14-24-12-16-9-5-2-6-10-16/h1-10,17-20,22H,11-14H2/t17?,18?,19-,20?/m1/s1. The van der Waals surface area contributed by atoms with Crippen LogP contribution >= 0.6 is 11.6 Å². The number of aliphatic hydroxyl groups is 1. The average molecular weight is 363 g/mol. The quantitative estimate of drug-likeness (QED) is 0.731. The monoisotopic (exact) mass is 362 g/mol. The maximum absolute atomic E-state index is 10.2. The Morgan fingerprint density at radius 1 is 0.840 bits per heavy atom. The zero-order valence-corrected chi connectivity index (χ0v) is 14.7. The number of hydrogen-bond donors (Lipinski definition) is 1. The van der Waals surface area contributed by atoms with Gasteiger partial charge in [0.1, 0.15) is 6.10 Å². The number of aliphatic hydroxyl groups excluding tert-OH is 1. The highest BCUT2D eigenvalue weighted by Crippen LogP contribution is 2.30. The molecule has 2 aromatic carbocycles. The van der Waals surface area contributed by atoms with Gasteiger partial charge in [0.25, 0.3) is 0 Å². The van der Waals surface area contributed by atoms with E-state index in [0.717, 1.165) is 11.1 Å². The van der Waals surface area contributed by atoms with Gasteiger partial charge in [-0.2, -0.15) is 0 Å². The molecular formula is C20H23ClO4. The van der Waals surface area contributed by atoms with Crippen LogP contribution in [0, 0.1) is 5.92 Å². The minimum atomic E-state index is -0.761. The van der Waals surface area contributed by atoms with Gasteiger partial charge in [-0.15, -0.1) is 0 Å². The van der Waals surface area contributed by atoms with Crippen LogP contribution in [0.3, 0.4) is 0 Å². The summed E-state index contributed by atoms with van der Waals surface area (Å²) in [6.07, 6.45) is -1.04. The second kappa shape index (κ2) is 9.32. The molecule has 1 aliphatic rings. The van der Waals surface area contributed by atoms with E-state index >= 15 is 0 Å². The lowest BCUT2D eigenvalue weighted by molar-refractivity contribution is -0.0303. The first kappa shape index (κ1) is 18.4. The van der Waals surface area contributed by atoms with Crippen molar-refractivity contribution in [3.63, 3.8) is 0 Å². The molecule has 1 aliphatic heterocycles. The van der Waals surface area contributed by atoms with Crippen LogP contribution in [-0.4, -0.2) is 36.1 Å². The largest absolute Gasteiger partial charge is 0.389 e. The summed E-state index contributed by atoms with van der Waals surface area (Å²) in [5, 5.41) is 10.2. The van der Waals surface area contributed by atoms with E-state index in [4.69, 9.17) is 25.8 Å². The minimum absolute atomic E-state index is 0.206. The highest BCUT2D eigenvalue weighted by atomic mass is 35.5. The molecule has 134 valence electrons. The van der Waals surface area contributed by atoms with E-state index in [1.54, 1.807) is 0 Å². The zero-order valence-electron chi connectivity index (χ0n) is 14.0. The number of ether oxygens (including phenoxy) is 3. The van der Waals surface area contributed by atoms with Crippen molar-refractivity contribution in [1.82, 2.24) is 0 Å². The van der Waals surface area contributed by atoms with Crippen molar-refractivity contribution in [3.8, 4) is 0 Å². The Bertz CT molecular complexity index is 622. The molecule has 0 saturated carbocycles. The second-order valence-electron chi connectivity index (χ2n) is 6.18. The fraction of sp³-hybridized carbons (Fsp3) is 0.400. The molecule has 1 fully saturated rings. The molecule has 1 heterocycles. The van der Waals surface area contributed by atoms with Crippen LogP contribution in [0.25, 0.3) is 0 Å². The smallest absolute Gasteiger partial charge is 0.157 e. The third-order valence-corrected chi connectivity index (χ3v) is 4.67. The molecule has 4 nitrogen and oxygen atoms in total. The second-order valence-corrected chi connectivity index (χ2v) is 6.61. The van der Waals surface area contributed by atoms with Crippen molar-refractivity contribution in [2.24, 2.45) is 5.92 Å². The molecule has 1 saturated heterocycles. The molecular weight excluding hydrogens is 340 g/mol. The summed E-state index contributed by atoms with van der Waals surface area (Å²) < 4.78 is 17.1. The highest BCUT2D eigenvalue weighted by Gasteiger charge is 2.42. The Kier molecular flexibility index (Phi) is 6.84. The van der Waals surface area contributed by atoms with E-state index in [1.165, 1.54) is 0 Å². The van der Waals surface area contributed by atoms with Crippen molar-refractivity contribution in [1.29, 1.82) is 0 Å². The normalized spacial score (nSPS) is 26.0. The Morgan fingerprint density at radius 3 is 1.92 bits per heavy atom. The van der Waals surface area contributed by atoms with Crippen molar-refractivity contribution >= 4 is 11.6 Å². The number of alkyl halides is 1. The summed E-state index contributed by atoms with van der Waals surface area (Å²) in [6.45, 7) is 1.74. The van der Waals surface area contributed by atoms with Gasteiger partial charge in [0.05, 0.1) is 32.5 Å². The summed E-state index contributed by atoms with van der Waals surface area (Å²) in [6, 6.07) is 19.9. The van der Waals surface area contributed by atoms with Crippen LogP contribution in [0.2, 0.25) is 0 Å². The molecule has 0 aliphatic carbocycles. The Hall–Kier alpha value is -1.43. The van der Waals surface area contributed by atoms with Gasteiger partial charge in [-0.3, -0.25) is 0 Å². The lowest BCUT2D eigenvalue weighted by Crippen LogP contribution is -2.32. The summed E-state index contributed by atoms with van der Waals surface area (Å²) >= 11 is 6.06. The molecule has 1 N–H and O–H groups in total. The van der Waals surface area contributed by atoms with Gasteiger partial charge in [-0.1, -0.05) is 72.3 Å². The predicted molar refractivity (Wildman–Crippen MR) is 96.2 cm³/mol. The Balaban J connectivity index is 1.47. The molecule has 5 heteroatoms. The van der Waals surface area contributed by atoms with Gasteiger partial charge < -0.3 is 19.3 Å². The summed E-state index contributed by atoms with van der Waals surface area (Å²) in [5.41, 5.74) is 1.46. The minimum Gasteiger partial charge on any atom is -0.389 e. The van der Waals surface area contributed by atoms with Crippen molar-refractivity contribution < 1.29 is 19.3 Å². The first-order valence-corrected chi connectivity index (χ1v) is 8.88. The molecule has 25 heavy (non-hydrogen) atoms. The summed E-state index contributed by atoms with van der Waals surface area (Å²) in [7, 11) is 0. The van der Waals surface area contributed by atoms with E-state index in [9.17, 15) is 5.11 Å². The SMILES string of the molecule is O[C@H]1C(Cl)OC(COCc2ccccc2)C1COCc1ccccc1. The molecule has 4 atom stereocenters. The first-order valence-electron chi connectivity index (χ1n) is 8.45. The van der Waals surface area contributed by atoms with Crippen LogP contribution < -0.4 is 0 Å². The van der Waals surface area contributed by atoms with E-state index in [2.05, 4.69) is 0 Å². The van der Waals surface area contributed by atoms with Gasteiger partial charge >= 0.3 is 0 Å². The van der Waals surface area contributed by atoms with Crippen molar-refractivity contribution in [3.05, 3.63) is 71.8 Å². The molecule has 3 unspecified atom stereocenters. The van der Waals surface area contributed by atoms with E-state index in [1.807, 2.05) is 60.7 Å². The van der Waals surface area contributed by atoms with Crippen molar-refractivity contribution in [2.75, 3.05) is 13.2 Å². The van der Waals surface area contributed by atoms with Crippen LogP contribution in [-0.2, 0) is 27.4 Å². The van der Waals surface area contributed by atoms with E-state index < -0.39 is 11.7 Å². The first-order chi connectivity index (χ1) is 12.2. The Morgan fingerprint density at radius 2 is 1.36 bits per heavy atom. The van der Waals surface area contributed by atoms with Crippen molar-refractivity contribution in [2.45, 2.75) is 31.0 Å². The van der Waals surface area contributed by atoms with Gasteiger partial charge in [-0.05, 0) is 11.1 Å². The number of halogens is 1. The van der Waals surface area contributed by atoms with Crippen LogP contribution in [0.4, 0.5) is 0 Å². The third kappa shape index (κ3) is 5.27. The predicted octanol–water partition coefficient (Wildman–Crippen LogP) is 3.36. The van der Waals surface area contributed by atoms with Gasteiger partial charge in [0.15, 0.2) is 5.56 Å². The molecule has 2 aromatic rings. The highest BCUT2D eigenvalue weighted by molar-refractivity contribution is 6.20. The van der Waals surface area contributed by atoms with E-state index in [0.29, 0.717) is 26.4 Å². The molecule has 0 bridgehead atoms. The van der Waals surface area contributed by atoms with Crippen LogP contribution in [0.1, 0.15) is 11.1 Å². The number of hydrogen-bond acceptors (Lipinski definition) is 4. The maximum Gasteiger partial charge on any atom is 0.157 e.